The molecule has 3 nitrogen and oxygen atoms in total. The molecule has 0 N–H and O–H groups in total. The maximum atomic E-state index is 12.5. The average molecular weight is 256 g/mol. The molecule has 1 aromatic rings. The molecule has 0 bridgehead atoms. The van der Waals surface area contributed by atoms with E-state index in [9.17, 15) is 9.59 Å². The van der Waals surface area contributed by atoms with Crippen molar-refractivity contribution in [1.82, 2.24) is 0 Å². The molecule has 0 spiro atoms. The summed E-state index contributed by atoms with van der Waals surface area (Å²) in [5.74, 6) is -0.0326. The largest absolute Gasteiger partial charge is 0.373 e. The van der Waals surface area contributed by atoms with Gasteiger partial charge in [0.05, 0.1) is 12.7 Å². The number of ketones is 2. The van der Waals surface area contributed by atoms with Gasteiger partial charge in [0.2, 0.25) is 0 Å². The standard InChI is InChI=1S/C16H16O3/c1-2-5-10-8-13-14(9-19-10)16(18)12-7-4-3-6-11(12)15(13)17/h3-4,6-7,10H,2,5,8-9H2,1H3. The molecule has 3 rings (SSSR count). The first-order valence-corrected chi connectivity index (χ1v) is 6.74. The molecule has 1 aliphatic heterocycles. The van der Waals surface area contributed by atoms with E-state index < -0.39 is 0 Å². The molecule has 1 aromatic carbocycles. The summed E-state index contributed by atoms with van der Waals surface area (Å²) in [6.45, 7) is 2.37. The van der Waals surface area contributed by atoms with Crippen molar-refractivity contribution >= 4 is 11.6 Å². The molecule has 1 atom stereocenters. The number of fused-ring (bicyclic) bond motifs is 1. The fourth-order valence-electron chi connectivity index (χ4n) is 2.84. The van der Waals surface area contributed by atoms with Gasteiger partial charge in [-0.2, -0.15) is 0 Å². The molecular formula is C16H16O3. The normalized spacial score (nSPS) is 22.3. The summed E-state index contributed by atoms with van der Waals surface area (Å²) in [4.78, 5) is 24.9. The first-order chi connectivity index (χ1) is 9.22. The third-order valence-corrected chi connectivity index (χ3v) is 3.83. The highest BCUT2D eigenvalue weighted by atomic mass is 16.5. The summed E-state index contributed by atoms with van der Waals surface area (Å²) in [7, 11) is 0. The van der Waals surface area contributed by atoms with Crippen molar-refractivity contribution in [1.29, 1.82) is 0 Å². The van der Waals surface area contributed by atoms with Crippen molar-refractivity contribution < 1.29 is 14.3 Å². The zero-order chi connectivity index (χ0) is 13.4. The van der Waals surface area contributed by atoms with E-state index in [1.807, 2.05) is 0 Å². The van der Waals surface area contributed by atoms with E-state index in [-0.39, 0.29) is 24.3 Å². The van der Waals surface area contributed by atoms with Gasteiger partial charge in [0.1, 0.15) is 0 Å². The summed E-state index contributed by atoms with van der Waals surface area (Å²) >= 11 is 0. The number of hydrogen-bond acceptors (Lipinski definition) is 3. The number of Topliss-reactive ketones (excluding diaryl/α,β-unsaturated/α-hetero) is 2. The number of benzene rings is 1. The summed E-state index contributed by atoms with van der Waals surface area (Å²) in [5, 5.41) is 0. The van der Waals surface area contributed by atoms with E-state index in [2.05, 4.69) is 6.92 Å². The van der Waals surface area contributed by atoms with Gasteiger partial charge in [0.25, 0.3) is 0 Å². The van der Waals surface area contributed by atoms with E-state index >= 15 is 0 Å². The Bertz CT molecular complexity index is 583. The summed E-state index contributed by atoms with van der Waals surface area (Å²) < 4.78 is 5.69. The Labute approximate surface area is 112 Å². The third-order valence-electron chi connectivity index (χ3n) is 3.83. The molecule has 0 fully saturated rings. The molecule has 0 saturated carbocycles. The van der Waals surface area contributed by atoms with Crippen molar-refractivity contribution in [2.45, 2.75) is 32.3 Å². The van der Waals surface area contributed by atoms with Crippen molar-refractivity contribution in [3.8, 4) is 0 Å². The lowest BCUT2D eigenvalue weighted by molar-refractivity contribution is 0.0463. The predicted molar refractivity (Wildman–Crippen MR) is 71.4 cm³/mol. The summed E-state index contributed by atoms with van der Waals surface area (Å²) in [6, 6.07) is 7.05. The molecule has 1 heterocycles. The molecule has 0 aromatic heterocycles. The van der Waals surface area contributed by atoms with Crippen LogP contribution >= 0.6 is 0 Å². The van der Waals surface area contributed by atoms with E-state index in [1.54, 1.807) is 24.3 Å². The number of carbonyl (C=O) groups excluding carboxylic acids is 2. The quantitative estimate of drug-likeness (QED) is 0.817. The van der Waals surface area contributed by atoms with Gasteiger partial charge in [-0.3, -0.25) is 9.59 Å². The number of rotatable bonds is 2. The highest BCUT2D eigenvalue weighted by Gasteiger charge is 2.35. The van der Waals surface area contributed by atoms with Crippen LogP contribution in [0.5, 0.6) is 0 Å². The second kappa shape index (κ2) is 4.74. The lowest BCUT2D eigenvalue weighted by Crippen LogP contribution is -2.32. The summed E-state index contributed by atoms with van der Waals surface area (Å²) in [5.41, 5.74) is 2.30. The van der Waals surface area contributed by atoms with Crippen LogP contribution in [-0.2, 0) is 4.74 Å². The van der Waals surface area contributed by atoms with Crippen LogP contribution < -0.4 is 0 Å². The third kappa shape index (κ3) is 1.94. The van der Waals surface area contributed by atoms with Gasteiger partial charge in [0.15, 0.2) is 11.6 Å². The fraction of sp³-hybridized carbons (Fsp3) is 0.375. The lowest BCUT2D eigenvalue weighted by Gasteiger charge is -2.29. The minimum atomic E-state index is -0.0415. The summed E-state index contributed by atoms with van der Waals surface area (Å²) in [6.07, 6.45) is 2.60. The Kier molecular flexibility index (Phi) is 3.07. The molecule has 19 heavy (non-hydrogen) atoms. The zero-order valence-corrected chi connectivity index (χ0v) is 10.9. The number of hydrogen-bond donors (Lipinski definition) is 0. The van der Waals surface area contributed by atoms with Crippen LogP contribution in [0.1, 0.15) is 46.9 Å². The number of ether oxygens (including phenoxy) is 1. The van der Waals surface area contributed by atoms with Gasteiger partial charge < -0.3 is 4.74 Å². The Hall–Kier alpha value is -1.74. The number of carbonyl (C=O) groups is 2. The highest BCUT2D eigenvalue weighted by molar-refractivity contribution is 6.27. The highest BCUT2D eigenvalue weighted by Crippen LogP contribution is 2.33. The molecule has 1 unspecified atom stereocenters. The van der Waals surface area contributed by atoms with Gasteiger partial charge in [-0.25, -0.2) is 0 Å². The Morgan fingerprint density at radius 1 is 1.11 bits per heavy atom. The average Bonchev–Trinajstić information content (AvgIpc) is 2.45. The fourth-order valence-corrected chi connectivity index (χ4v) is 2.84. The second-order valence-corrected chi connectivity index (χ2v) is 5.09. The van der Waals surface area contributed by atoms with Crippen LogP contribution in [0.4, 0.5) is 0 Å². The molecule has 1 aliphatic carbocycles. The second-order valence-electron chi connectivity index (χ2n) is 5.09. The van der Waals surface area contributed by atoms with Gasteiger partial charge in [-0.15, -0.1) is 0 Å². The molecule has 3 heteroatoms. The first kappa shape index (κ1) is 12.3. The van der Waals surface area contributed by atoms with Crippen LogP contribution in [0.15, 0.2) is 35.4 Å². The van der Waals surface area contributed by atoms with Crippen LogP contribution in [0, 0.1) is 0 Å². The Morgan fingerprint density at radius 2 is 1.74 bits per heavy atom. The molecule has 2 aliphatic rings. The van der Waals surface area contributed by atoms with Crippen molar-refractivity contribution in [2.75, 3.05) is 6.61 Å². The lowest BCUT2D eigenvalue weighted by atomic mass is 9.80. The van der Waals surface area contributed by atoms with Crippen molar-refractivity contribution in [3.63, 3.8) is 0 Å². The molecule has 0 saturated heterocycles. The van der Waals surface area contributed by atoms with Gasteiger partial charge in [-0.05, 0) is 6.42 Å². The van der Waals surface area contributed by atoms with E-state index in [1.165, 1.54) is 0 Å². The van der Waals surface area contributed by atoms with Crippen LogP contribution in [-0.4, -0.2) is 24.3 Å². The van der Waals surface area contributed by atoms with E-state index in [0.29, 0.717) is 28.7 Å². The van der Waals surface area contributed by atoms with Crippen LogP contribution in [0.2, 0.25) is 0 Å². The molecule has 0 amide bonds. The van der Waals surface area contributed by atoms with Gasteiger partial charge in [0, 0.05) is 28.7 Å². The SMILES string of the molecule is CCCC1CC2=C(CO1)C(=O)c1ccccc1C2=O. The zero-order valence-electron chi connectivity index (χ0n) is 10.9. The van der Waals surface area contributed by atoms with Crippen molar-refractivity contribution in [2.24, 2.45) is 0 Å². The Balaban J connectivity index is 2.01. The van der Waals surface area contributed by atoms with Crippen molar-refractivity contribution in [3.05, 3.63) is 46.5 Å². The Morgan fingerprint density at radius 3 is 2.37 bits per heavy atom. The van der Waals surface area contributed by atoms with Gasteiger partial charge in [-0.1, -0.05) is 37.6 Å². The van der Waals surface area contributed by atoms with Crippen LogP contribution in [0.3, 0.4) is 0 Å². The van der Waals surface area contributed by atoms with Gasteiger partial charge >= 0.3 is 0 Å². The maximum Gasteiger partial charge on any atom is 0.192 e. The molecular weight excluding hydrogens is 240 g/mol. The minimum Gasteiger partial charge on any atom is -0.373 e. The molecule has 0 radical (unpaired) electrons. The minimum absolute atomic E-state index is 0.00889. The molecule has 98 valence electrons. The maximum absolute atomic E-state index is 12.5. The van der Waals surface area contributed by atoms with E-state index in [0.717, 1.165) is 12.8 Å². The topological polar surface area (TPSA) is 43.4 Å². The monoisotopic (exact) mass is 256 g/mol. The predicted octanol–water partition coefficient (Wildman–Crippen LogP) is 2.95. The van der Waals surface area contributed by atoms with Crippen LogP contribution in [0.25, 0.3) is 0 Å². The van der Waals surface area contributed by atoms with E-state index in [4.69, 9.17) is 4.74 Å². The first-order valence-electron chi connectivity index (χ1n) is 6.74. The smallest absolute Gasteiger partial charge is 0.192 e.